The molecule has 1 fully saturated rings. The zero-order valence-electron chi connectivity index (χ0n) is 6.41. The summed E-state index contributed by atoms with van der Waals surface area (Å²) in [5, 5.41) is 8.18. The molecule has 0 saturated heterocycles. The van der Waals surface area contributed by atoms with Crippen molar-refractivity contribution >= 4 is 22.9 Å². The van der Waals surface area contributed by atoms with Crippen molar-refractivity contribution in [3.8, 4) is 0 Å². The van der Waals surface area contributed by atoms with Gasteiger partial charge in [0.05, 0.1) is 0 Å². The van der Waals surface area contributed by atoms with Crippen molar-refractivity contribution in [1.29, 1.82) is 0 Å². The van der Waals surface area contributed by atoms with Gasteiger partial charge in [-0.25, -0.2) is 0 Å². The van der Waals surface area contributed by atoms with Crippen LogP contribution in [0.1, 0.15) is 25.7 Å². The Morgan fingerprint density at radius 1 is 1.45 bits per heavy atom. The van der Waals surface area contributed by atoms with E-state index in [-0.39, 0.29) is 0 Å². The van der Waals surface area contributed by atoms with Gasteiger partial charge in [-0.15, -0.1) is 0 Å². The van der Waals surface area contributed by atoms with E-state index in [0.717, 1.165) is 12.6 Å². The Labute approximate surface area is 80.7 Å². The zero-order chi connectivity index (χ0) is 7.68. The predicted octanol–water partition coefficient (Wildman–Crippen LogP) is 2.58. The topological polar surface area (TPSA) is 28.0 Å². The second-order valence-electron chi connectivity index (χ2n) is 3.31. The number of hydrogen-bond donors (Lipinski definition) is 0. The van der Waals surface area contributed by atoms with Crippen LogP contribution in [0.4, 0.5) is 0 Å². The number of azo groups is 1. The van der Waals surface area contributed by atoms with Gasteiger partial charge < -0.3 is 0 Å². The molecular formula is C7H12IN3. The fourth-order valence-corrected chi connectivity index (χ4v) is 2.00. The summed E-state index contributed by atoms with van der Waals surface area (Å²) in [4.78, 5) is 0. The molecule has 0 spiro atoms. The highest BCUT2D eigenvalue weighted by Crippen LogP contribution is 2.33. The molecule has 2 rings (SSSR count). The summed E-state index contributed by atoms with van der Waals surface area (Å²) >= 11 is 2.31. The number of hydrogen-bond acceptors (Lipinski definition) is 3. The molecule has 4 heteroatoms. The minimum Gasteiger partial charge on any atom is -0.200 e. The van der Waals surface area contributed by atoms with Crippen LogP contribution < -0.4 is 0 Å². The average molecular weight is 265 g/mol. The molecule has 0 N–H and O–H groups in total. The molecular weight excluding hydrogens is 253 g/mol. The van der Waals surface area contributed by atoms with Crippen LogP contribution in [0, 0.1) is 5.92 Å². The van der Waals surface area contributed by atoms with Crippen molar-refractivity contribution in [2.75, 3.05) is 6.67 Å². The summed E-state index contributed by atoms with van der Waals surface area (Å²) in [6, 6.07) is 0. The van der Waals surface area contributed by atoms with E-state index in [2.05, 4.69) is 36.2 Å². The van der Waals surface area contributed by atoms with Gasteiger partial charge in [0.1, 0.15) is 12.8 Å². The van der Waals surface area contributed by atoms with Gasteiger partial charge in [0.2, 0.25) is 0 Å². The quantitative estimate of drug-likeness (QED) is 0.557. The molecule has 0 aromatic carbocycles. The van der Waals surface area contributed by atoms with Gasteiger partial charge in [0, 0.05) is 22.9 Å². The van der Waals surface area contributed by atoms with Crippen LogP contribution >= 0.6 is 22.9 Å². The second-order valence-corrected chi connectivity index (χ2v) is 4.55. The summed E-state index contributed by atoms with van der Waals surface area (Å²) in [6.07, 6.45) is 5.87. The fourth-order valence-electron chi connectivity index (χ4n) is 1.53. The third-order valence-corrected chi connectivity index (χ3v) is 3.45. The fraction of sp³-hybridized carbons (Fsp3) is 1.00. The first-order valence-electron chi connectivity index (χ1n) is 4.15. The monoisotopic (exact) mass is 265 g/mol. The highest BCUT2D eigenvalue weighted by Gasteiger charge is 2.27. The Morgan fingerprint density at radius 2 is 2.27 bits per heavy atom. The van der Waals surface area contributed by atoms with Gasteiger partial charge in [-0.1, -0.05) is 19.3 Å². The van der Waals surface area contributed by atoms with Crippen molar-refractivity contribution in [3.05, 3.63) is 0 Å². The summed E-state index contributed by atoms with van der Waals surface area (Å²) in [5.41, 5.74) is 0. The van der Waals surface area contributed by atoms with Crippen molar-refractivity contribution in [2.24, 2.45) is 16.1 Å². The van der Waals surface area contributed by atoms with Crippen LogP contribution in [0.2, 0.25) is 0 Å². The van der Waals surface area contributed by atoms with Gasteiger partial charge >= 0.3 is 0 Å². The Hall–Kier alpha value is 0.290. The highest BCUT2D eigenvalue weighted by atomic mass is 127. The summed E-state index contributed by atoms with van der Waals surface area (Å²) in [7, 11) is 0. The molecule has 1 aliphatic heterocycles. The van der Waals surface area contributed by atoms with Gasteiger partial charge in [0.25, 0.3) is 0 Å². The average Bonchev–Trinajstić information content (AvgIpc) is 2.27. The molecule has 0 amide bonds. The molecule has 3 nitrogen and oxygen atoms in total. The number of halogens is 1. The molecule has 1 saturated carbocycles. The Balaban J connectivity index is 1.80. The maximum Gasteiger partial charge on any atom is 0.133 e. The van der Waals surface area contributed by atoms with E-state index in [1.165, 1.54) is 25.7 Å². The van der Waals surface area contributed by atoms with Gasteiger partial charge in [-0.3, -0.25) is 0 Å². The van der Waals surface area contributed by atoms with E-state index in [0.29, 0.717) is 6.17 Å². The third-order valence-electron chi connectivity index (χ3n) is 2.51. The molecule has 1 aliphatic carbocycles. The van der Waals surface area contributed by atoms with Gasteiger partial charge in [-0.05, 0) is 12.3 Å². The standard InChI is InChI=1S/C7H12IN3/c8-11-5-9-10-7(11)4-6-2-1-3-6/h6-7H,1-5H2. The largest absolute Gasteiger partial charge is 0.200 e. The molecule has 0 bridgehead atoms. The van der Waals surface area contributed by atoms with Crippen LogP contribution in [0.25, 0.3) is 0 Å². The van der Waals surface area contributed by atoms with E-state index in [1.54, 1.807) is 0 Å². The molecule has 1 heterocycles. The summed E-state index contributed by atoms with van der Waals surface area (Å²) in [6.45, 7) is 0.790. The van der Waals surface area contributed by atoms with E-state index < -0.39 is 0 Å². The van der Waals surface area contributed by atoms with Crippen molar-refractivity contribution < 1.29 is 0 Å². The van der Waals surface area contributed by atoms with Crippen molar-refractivity contribution in [2.45, 2.75) is 31.8 Å². The van der Waals surface area contributed by atoms with Crippen LogP contribution in [-0.2, 0) is 0 Å². The smallest absolute Gasteiger partial charge is 0.133 e. The Kier molecular flexibility index (Phi) is 2.41. The normalized spacial score (nSPS) is 32.6. The highest BCUT2D eigenvalue weighted by molar-refractivity contribution is 14.1. The Morgan fingerprint density at radius 3 is 2.73 bits per heavy atom. The lowest BCUT2D eigenvalue weighted by atomic mass is 9.82. The maximum absolute atomic E-state index is 4.18. The zero-order valence-corrected chi connectivity index (χ0v) is 8.57. The third kappa shape index (κ3) is 1.72. The molecule has 0 aromatic rings. The lowest BCUT2D eigenvalue weighted by Gasteiger charge is -2.27. The van der Waals surface area contributed by atoms with Crippen LogP contribution in [0.5, 0.6) is 0 Å². The number of rotatable bonds is 2. The van der Waals surface area contributed by atoms with E-state index in [1.807, 2.05) is 0 Å². The molecule has 11 heavy (non-hydrogen) atoms. The molecule has 0 radical (unpaired) electrons. The SMILES string of the molecule is IN1CN=NC1CC1CCC1. The van der Waals surface area contributed by atoms with Crippen LogP contribution in [0.15, 0.2) is 10.2 Å². The Bertz CT molecular complexity index is 167. The minimum atomic E-state index is 0.390. The van der Waals surface area contributed by atoms with E-state index in [9.17, 15) is 0 Å². The van der Waals surface area contributed by atoms with E-state index in [4.69, 9.17) is 0 Å². The summed E-state index contributed by atoms with van der Waals surface area (Å²) in [5.74, 6) is 0.939. The number of nitrogens with zero attached hydrogens (tertiary/aromatic N) is 3. The maximum atomic E-state index is 4.18. The molecule has 0 aromatic heterocycles. The molecule has 2 aliphatic rings. The van der Waals surface area contributed by atoms with E-state index >= 15 is 0 Å². The van der Waals surface area contributed by atoms with Crippen molar-refractivity contribution in [3.63, 3.8) is 0 Å². The first kappa shape index (κ1) is 7.91. The molecule has 1 unspecified atom stereocenters. The van der Waals surface area contributed by atoms with Crippen molar-refractivity contribution in [1.82, 2.24) is 3.11 Å². The van der Waals surface area contributed by atoms with Crippen LogP contribution in [-0.4, -0.2) is 15.9 Å². The lowest BCUT2D eigenvalue weighted by molar-refractivity contribution is 0.248. The van der Waals surface area contributed by atoms with Gasteiger partial charge in [0.15, 0.2) is 0 Å². The summed E-state index contributed by atoms with van der Waals surface area (Å²) < 4.78 is 2.19. The molecule has 1 atom stereocenters. The van der Waals surface area contributed by atoms with Crippen LogP contribution in [0.3, 0.4) is 0 Å². The first-order valence-corrected chi connectivity index (χ1v) is 5.12. The molecule has 62 valence electrons. The predicted molar refractivity (Wildman–Crippen MR) is 51.3 cm³/mol. The minimum absolute atomic E-state index is 0.390. The second kappa shape index (κ2) is 3.35. The van der Waals surface area contributed by atoms with Gasteiger partial charge in [-0.2, -0.15) is 13.3 Å². The lowest BCUT2D eigenvalue weighted by Crippen LogP contribution is -2.25. The first-order chi connectivity index (χ1) is 5.36.